The number of hydrogen-bond donors (Lipinski definition) is 9. The second-order valence-electron chi connectivity index (χ2n) is 26.6. The van der Waals surface area contributed by atoms with Crippen molar-refractivity contribution in [2.24, 2.45) is 50.2 Å². The number of aromatic nitrogens is 3. The van der Waals surface area contributed by atoms with Gasteiger partial charge in [0, 0.05) is 0 Å². The van der Waals surface area contributed by atoms with E-state index in [-0.39, 0.29) is 58.5 Å². The summed E-state index contributed by atoms with van der Waals surface area (Å²) in [5.74, 6) is 0.471. The van der Waals surface area contributed by atoms with Crippen LogP contribution in [-0.4, -0.2) is 167 Å². The summed E-state index contributed by atoms with van der Waals surface area (Å²) in [4.78, 5) is 14.9. The summed E-state index contributed by atoms with van der Waals surface area (Å²) < 4.78 is 78.1. The lowest BCUT2D eigenvalue weighted by molar-refractivity contribution is -0.380. The third kappa shape index (κ3) is 10.0. The van der Waals surface area contributed by atoms with E-state index >= 15 is 0 Å². The van der Waals surface area contributed by atoms with Crippen LogP contribution in [0.4, 0.5) is 13.2 Å². The van der Waals surface area contributed by atoms with Crippen molar-refractivity contribution < 1.29 is 87.2 Å². The number of fused-ring (bicyclic) bond motifs is 7. The van der Waals surface area contributed by atoms with Crippen molar-refractivity contribution in [2.45, 2.75) is 224 Å². The molecule has 0 radical (unpaired) electrons. The van der Waals surface area contributed by atoms with Crippen molar-refractivity contribution in [3.63, 3.8) is 0 Å². The minimum atomic E-state index is -4.46. The van der Waals surface area contributed by atoms with E-state index in [0.717, 1.165) is 69.9 Å². The number of ether oxygens (including phenoxy) is 6. The van der Waals surface area contributed by atoms with Crippen molar-refractivity contribution in [3.05, 3.63) is 53.4 Å². The molecule has 1 aromatic carbocycles. The molecular weight excluding hydrogens is 1040 g/mol. The first kappa shape index (κ1) is 59.0. The summed E-state index contributed by atoms with van der Waals surface area (Å²) in [6.07, 6.45) is -13.6. The van der Waals surface area contributed by atoms with E-state index < -0.39 is 121 Å². The highest BCUT2D eigenvalue weighted by Gasteiger charge is 2.70. The van der Waals surface area contributed by atoms with Crippen molar-refractivity contribution in [1.82, 2.24) is 20.3 Å². The minimum Gasteiger partial charge on any atom is -0.394 e. The van der Waals surface area contributed by atoms with Gasteiger partial charge in [0.15, 0.2) is 18.9 Å². The Kier molecular flexibility index (Phi) is 15.8. The third-order valence-electron chi connectivity index (χ3n) is 21.4. The van der Waals surface area contributed by atoms with Crippen LogP contribution < -0.4 is 5.32 Å². The molecule has 0 bridgehead atoms. The smallest absolute Gasteiger partial charge is 0.394 e. The topological polar surface area (TPSA) is 277 Å². The highest BCUT2D eigenvalue weighted by Crippen LogP contribution is 2.76. The first-order valence-corrected chi connectivity index (χ1v) is 28.3. The Morgan fingerprint density at radius 1 is 0.772 bits per heavy atom. The van der Waals surface area contributed by atoms with Gasteiger partial charge in [-0.15, -0.1) is 5.10 Å². The maximum Gasteiger partial charge on any atom is 0.416 e. The molecule has 0 unspecified atom stereocenters. The minimum absolute atomic E-state index is 0.00426. The first-order chi connectivity index (χ1) is 37.0. The average Bonchev–Trinajstić information content (AvgIpc) is 3.24. The number of aliphatic hydroxyl groups excluding tert-OH is 8. The molecule has 2 aromatic rings. The molecular formula is C57H83F3N4O15. The molecule has 1 amide bonds. The molecule has 5 aliphatic carbocycles. The number of nitrogens with zero attached hydrogens (tertiary/aromatic N) is 3. The molecule has 7 fully saturated rings. The van der Waals surface area contributed by atoms with E-state index in [9.17, 15) is 58.8 Å². The van der Waals surface area contributed by atoms with Gasteiger partial charge in [-0.25, -0.2) is 4.68 Å². The molecule has 22 heteroatoms. The predicted octanol–water partition coefficient (Wildman–Crippen LogP) is 4.20. The number of halogens is 3. The lowest BCUT2D eigenvalue weighted by atomic mass is 9.33. The molecule has 3 aliphatic heterocycles. The van der Waals surface area contributed by atoms with E-state index in [1.807, 2.05) is 0 Å². The average molecular weight is 1120 g/mol. The maximum atomic E-state index is 14.9. The molecule has 1 aromatic heterocycles. The Morgan fingerprint density at radius 2 is 1.44 bits per heavy atom. The molecule has 79 heavy (non-hydrogen) atoms. The van der Waals surface area contributed by atoms with Crippen LogP contribution in [-0.2, 0) is 45.9 Å². The largest absolute Gasteiger partial charge is 0.416 e. The first-order valence-electron chi connectivity index (χ1n) is 28.3. The number of allylic oxidation sites excluding steroid dienone is 2. The van der Waals surface area contributed by atoms with Gasteiger partial charge >= 0.3 is 6.18 Å². The molecule has 8 aliphatic rings. The number of amides is 1. The van der Waals surface area contributed by atoms with Gasteiger partial charge in [-0.05, 0) is 140 Å². The van der Waals surface area contributed by atoms with Crippen LogP contribution in [0, 0.1) is 50.2 Å². The number of aliphatic hydroxyl groups is 8. The summed E-state index contributed by atoms with van der Waals surface area (Å²) in [6.45, 7) is 17.0. The summed E-state index contributed by atoms with van der Waals surface area (Å²) in [5.41, 5.74) is 0.00191. The lowest BCUT2D eigenvalue weighted by Crippen LogP contribution is -2.66. The zero-order chi connectivity index (χ0) is 57.2. The number of nitrogens with one attached hydrogen (secondary N) is 1. The van der Waals surface area contributed by atoms with E-state index in [2.05, 4.69) is 70.2 Å². The number of rotatable bonds is 11. The standard InChI is InChI=1S/C57H83F3N4O15/c1-28-39(66)42(69)44(71)47(75-28)79-46-41(68)35(77-48-45(72)43(70)40(67)34(26-65)76-48)27-74-49(46)78-38-16-17-53(6)36(52(38,4)5)15-18-55(8)37(53)14-13-32-33-23-51(2,3)19-21-56(33,22-20-54(32,55)7)50(73)61-24-30-25-64(63-62-30)31-11-9-29(10-12-31)57(58,59)60/h9-13,25,28,33-49,65-72H,14-24,26-27H2,1-8H3,(H,61,73)/t28-,33-,34+,35-,36-,37+,38-,39-,40+,41-,42+,43-,44+,45+,46+,47-,48-,49-,53-,54+,55+,56-/m0/s1. The fourth-order valence-corrected chi connectivity index (χ4v) is 16.5. The van der Waals surface area contributed by atoms with Crippen molar-refractivity contribution >= 4 is 5.91 Å². The molecule has 4 heterocycles. The van der Waals surface area contributed by atoms with Crippen molar-refractivity contribution in [1.29, 1.82) is 0 Å². The molecule has 10 rings (SSSR count). The van der Waals surface area contributed by atoms with E-state index in [4.69, 9.17) is 28.4 Å². The number of benzene rings is 1. The van der Waals surface area contributed by atoms with Crippen molar-refractivity contribution in [3.8, 4) is 5.69 Å². The van der Waals surface area contributed by atoms with Crippen LogP contribution >= 0.6 is 0 Å². The van der Waals surface area contributed by atoms with Gasteiger partial charge in [0.2, 0.25) is 5.91 Å². The van der Waals surface area contributed by atoms with E-state index in [0.29, 0.717) is 17.8 Å². The highest BCUT2D eigenvalue weighted by atomic mass is 19.4. The molecule has 4 saturated carbocycles. The Labute approximate surface area is 459 Å². The molecule has 19 nitrogen and oxygen atoms in total. The van der Waals surface area contributed by atoms with Crippen LogP contribution in [0.2, 0.25) is 0 Å². The Balaban J connectivity index is 0.863. The van der Waals surface area contributed by atoms with Crippen LogP contribution in [0.5, 0.6) is 0 Å². The number of hydrogen-bond acceptors (Lipinski definition) is 17. The van der Waals surface area contributed by atoms with Crippen molar-refractivity contribution in [2.75, 3.05) is 13.2 Å². The van der Waals surface area contributed by atoms with Crippen LogP contribution in [0.1, 0.15) is 131 Å². The van der Waals surface area contributed by atoms with Gasteiger partial charge in [0.1, 0.15) is 66.7 Å². The normalized spacial score (nSPS) is 45.7. The van der Waals surface area contributed by atoms with Gasteiger partial charge in [0.25, 0.3) is 0 Å². The predicted molar refractivity (Wildman–Crippen MR) is 274 cm³/mol. The quantitative estimate of drug-likeness (QED) is 0.113. The summed E-state index contributed by atoms with van der Waals surface area (Å²) >= 11 is 0. The van der Waals surface area contributed by atoms with E-state index in [1.165, 1.54) is 29.3 Å². The number of carbonyl (C=O) groups is 1. The number of alkyl halides is 3. The van der Waals surface area contributed by atoms with Crippen LogP contribution in [0.25, 0.3) is 5.69 Å². The van der Waals surface area contributed by atoms with Gasteiger partial charge in [-0.3, -0.25) is 4.79 Å². The zero-order valence-electron chi connectivity index (χ0n) is 46.5. The zero-order valence-corrected chi connectivity index (χ0v) is 46.5. The third-order valence-corrected chi connectivity index (χ3v) is 21.4. The summed E-state index contributed by atoms with van der Waals surface area (Å²) in [6, 6.07) is 4.69. The molecule has 22 atom stereocenters. The van der Waals surface area contributed by atoms with Gasteiger partial charge in [-0.1, -0.05) is 65.3 Å². The SMILES string of the molecule is C[C@@H]1O[C@@H](O[C@H]2[C@H](O[C@H]3CC[C@]4(C)[C@H]5CC=C6[C@@H]7CC(C)(C)CC[C@]7(C(=O)NCc7cn(-c8ccc(C(F)(F)F)cc8)nn7)CC[C@@]6(C)[C@]5(C)CC[C@H]4C3(C)C)OC[C@H](O[C@@H]3O[C@H](CO)[C@@H](O)[C@H](O)[C@H]3O)[C@@H]2O)[C@H](O)[C@H](O)[C@H]1O. The monoisotopic (exact) mass is 1120 g/mol. The molecule has 0 spiro atoms. The second kappa shape index (κ2) is 21.1. The van der Waals surface area contributed by atoms with Gasteiger partial charge in [0.05, 0.1) is 54.8 Å². The molecule has 3 saturated heterocycles. The maximum absolute atomic E-state index is 14.9. The molecule has 442 valence electrons. The highest BCUT2D eigenvalue weighted by molar-refractivity contribution is 5.84. The second-order valence-corrected chi connectivity index (χ2v) is 26.6. The Bertz CT molecular complexity index is 2550. The summed E-state index contributed by atoms with van der Waals surface area (Å²) in [7, 11) is 0. The van der Waals surface area contributed by atoms with Gasteiger partial charge < -0.3 is 74.6 Å². The van der Waals surface area contributed by atoms with E-state index in [1.54, 1.807) is 6.20 Å². The fraction of sp³-hybridized carbons (Fsp3) is 0.807. The molecule has 9 N–H and O–H groups in total. The number of carbonyl (C=O) groups excluding carboxylic acids is 1. The Hall–Kier alpha value is -3.20. The van der Waals surface area contributed by atoms with Crippen LogP contribution in [0.15, 0.2) is 42.1 Å². The van der Waals surface area contributed by atoms with Crippen LogP contribution in [0.3, 0.4) is 0 Å². The summed E-state index contributed by atoms with van der Waals surface area (Å²) in [5, 5.41) is 97.5. The Morgan fingerprint density at radius 3 is 2.13 bits per heavy atom. The van der Waals surface area contributed by atoms with Gasteiger partial charge in [-0.2, -0.15) is 13.2 Å². The lowest BCUT2D eigenvalue weighted by Gasteiger charge is -2.71. The fourth-order valence-electron chi connectivity index (χ4n) is 16.5.